The van der Waals surface area contributed by atoms with Crippen LogP contribution in [0.25, 0.3) is 10.6 Å². The van der Waals surface area contributed by atoms with Crippen LogP contribution < -0.4 is 16.0 Å². The zero-order valence-corrected chi connectivity index (χ0v) is 17.9. The minimum atomic E-state index is -4.53. The van der Waals surface area contributed by atoms with E-state index in [1.54, 1.807) is 13.8 Å². The lowest BCUT2D eigenvalue weighted by molar-refractivity contribution is -0.137. The molecule has 0 aliphatic carbocycles. The van der Waals surface area contributed by atoms with Gasteiger partial charge in [-0.15, -0.1) is 10.2 Å². The van der Waals surface area contributed by atoms with Gasteiger partial charge in [0.05, 0.1) is 5.56 Å². The van der Waals surface area contributed by atoms with E-state index in [1.165, 1.54) is 23.5 Å². The molecule has 3 N–H and O–H groups in total. The van der Waals surface area contributed by atoms with Crippen molar-refractivity contribution in [3.8, 4) is 10.6 Å². The number of rotatable bonds is 6. The van der Waals surface area contributed by atoms with Crippen LogP contribution in [0, 0.1) is 5.92 Å². The lowest BCUT2D eigenvalue weighted by atomic mass is 10.0. The first-order valence-electron chi connectivity index (χ1n) is 9.58. The zero-order chi connectivity index (χ0) is 23.3. The molecule has 0 radical (unpaired) electrons. The predicted octanol–water partition coefficient (Wildman–Crippen LogP) is 5.01. The molecule has 3 aromatic rings. The molecule has 1 aromatic heterocycles. The van der Waals surface area contributed by atoms with Crippen LogP contribution in [0.4, 0.5) is 28.8 Å². The second-order valence-corrected chi connectivity index (χ2v) is 8.14. The fraction of sp³-hybridized carbons (Fsp3) is 0.238. The number of amides is 3. The summed E-state index contributed by atoms with van der Waals surface area (Å²) >= 11 is 1.18. The molecule has 2 aromatic carbocycles. The van der Waals surface area contributed by atoms with Crippen molar-refractivity contribution in [2.45, 2.75) is 26.1 Å². The van der Waals surface area contributed by atoms with Crippen LogP contribution in [0.3, 0.4) is 0 Å². The first kappa shape index (κ1) is 23.2. The summed E-state index contributed by atoms with van der Waals surface area (Å²) in [7, 11) is 0. The third kappa shape index (κ3) is 6.03. The number of carbonyl (C=O) groups is 2. The molecule has 0 aliphatic heterocycles. The van der Waals surface area contributed by atoms with E-state index >= 15 is 0 Å². The van der Waals surface area contributed by atoms with Gasteiger partial charge in [0.15, 0.2) is 0 Å². The van der Waals surface area contributed by atoms with Crippen LogP contribution >= 0.6 is 11.3 Å². The Labute approximate surface area is 186 Å². The Kier molecular flexibility index (Phi) is 7.08. The number of aromatic nitrogens is 2. The summed E-state index contributed by atoms with van der Waals surface area (Å²) in [6.45, 7) is 3.45. The number of urea groups is 1. The number of nitrogens with zero attached hydrogens (tertiary/aromatic N) is 2. The average Bonchev–Trinajstić information content (AvgIpc) is 3.20. The Bertz CT molecular complexity index is 1090. The number of halogens is 3. The summed E-state index contributed by atoms with van der Waals surface area (Å²) in [5.74, 6) is -0.821. The van der Waals surface area contributed by atoms with E-state index in [4.69, 9.17) is 0 Å². The quantitative estimate of drug-likeness (QED) is 0.479. The minimum absolute atomic E-state index is 0.0446. The van der Waals surface area contributed by atoms with Crippen molar-refractivity contribution in [1.29, 1.82) is 0 Å². The molecule has 1 unspecified atom stereocenters. The van der Waals surface area contributed by atoms with E-state index in [-0.39, 0.29) is 16.7 Å². The second-order valence-electron chi connectivity index (χ2n) is 7.17. The van der Waals surface area contributed by atoms with Crippen LogP contribution in [0.15, 0.2) is 54.6 Å². The van der Waals surface area contributed by atoms with Crippen molar-refractivity contribution in [2.24, 2.45) is 5.92 Å². The zero-order valence-electron chi connectivity index (χ0n) is 17.1. The van der Waals surface area contributed by atoms with Gasteiger partial charge in [0.2, 0.25) is 11.0 Å². The van der Waals surface area contributed by atoms with Crippen molar-refractivity contribution in [1.82, 2.24) is 15.5 Å². The van der Waals surface area contributed by atoms with Crippen molar-refractivity contribution in [3.05, 3.63) is 60.2 Å². The maximum atomic E-state index is 12.9. The molecule has 3 rings (SSSR count). The standard InChI is InChI=1S/C21H20F3N5O2S/c1-12(2)16(26-19(31)25-15-10-6-9-14(11-15)21(22,23)24)17(30)27-20-29-28-18(32-20)13-7-4-3-5-8-13/h3-12,16H,1-2H3,(H2,25,26,31)(H,27,29,30). The molecule has 0 saturated carbocycles. The van der Waals surface area contributed by atoms with Gasteiger partial charge < -0.3 is 10.6 Å². The van der Waals surface area contributed by atoms with Crippen LogP contribution in [-0.2, 0) is 11.0 Å². The third-order valence-corrected chi connectivity index (χ3v) is 5.25. The highest BCUT2D eigenvalue weighted by molar-refractivity contribution is 7.18. The van der Waals surface area contributed by atoms with Crippen molar-refractivity contribution >= 4 is 34.1 Å². The Balaban J connectivity index is 1.64. The minimum Gasteiger partial charge on any atom is -0.326 e. The molecule has 32 heavy (non-hydrogen) atoms. The molecule has 3 amide bonds. The number of anilines is 2. The highest BCUT2D eigenvalue weighted by Crippen LogP contribution is 2.30. The Morgan fingerprint density at radius 2 is 1.69 bits per heavy atom. The molecule has 0 fully saturated rings. The SMILES string of the molecule is CC(C)C(NC(=O)Nc1cccc(C(F)(F)F)c1)C(=O)Nc1nnc(-c2ccccc2)s1. The molecule has 0 aliphatic rings. The highest BCUT2D eigenvalue weighted by Gasteiger charge is 2.31. The fourth-order valence-electron chi connectivity index (χ4n) is 2.77. The monoisotopic (exact) mass is 463 g/mol. The van der Waals surface area contributed by atoms with E-state index in [9.17, 15) is 22.8 Å². The number of benzene rings is 2. The van der Waals surface area contributed by atoms with Gasteiger partial charge in [0, 0.05) is 11.3 Å². The predicted molar refractivity (Wildman–Crippen MR) is 116 cm³/mol. The van der Waals surface area contributed by atoms with Crippen LogP contribution in [0.1, 0.15) is 19.4 Å². The van der Waals surface area contributed by atoms with E-state index in [0.29, 0.717) is 5.01 Å². The smallest absolute Gasteiger partial charge is 0.326 e. The number of nitrogens with one attached hydrogen (secondary N) is 3. The Morgan fingerprint density at radius 3 is 2.34 bits per heavy atom. The molecule has 1 heterocycles. The lowest BCUT2D eigenvalue weighted by Gasteiger charge is -2.21. The summed E-state index contributed by atoms with van der Waals surface area (Å²) in [5, 5.41) is 16.3. The first-order chi connectivity index (χ1) is 15.1. The molecule has 1 atom stereocenters. The van der Waals surface area contributed by atoms with Gasteiger partial charge in [-0.25, -0.2) is 4.79 Å². The van der Waals surface area contributed by atoms with Gasteiger partial charge in [-0.05, 0) is 24.1 Å². The molecule has 168 valence electrons. The van der Waals surface area contributed by atoms with Crippen molar-refractivity contribution < 1.29 is 22.8 Å². The van der Waals surface area contributed by atoms with Crippen molar-refractivity contribution in [2.75, 3.05) is 10.6 Å². The molecular formula is C21H20F3N5O2S. The third-order valence-electron chi connectivity index (χ3n) is 4.36. The number of hydrogen-bond donors (Lipinski definition) is 3. The first-order valence-corrected chi connectivity index (χ1v) is 10.4. The van der Waals surface area contributed by atoms with Gasteiger partial charge in [0.1, 0.15) is 11.0 Å². The normalized spacial score (nSPS) is 12.3. The van der Waals surface area contributed by atoms with Crippen LogP contribution in [0.5, 0.6) is 0 Å². The van der Waals surface area contributed by atoms with E-state index in [1.807, 2.05) is 30.3 Å². The van der Waals surface area contributed by atoms with Gasteiger partial charge in [-0.2, -0.15) is 13.2 Å². The summed E-state index contributed by atoms with van der Waals surface area (Å²) < 4.78 is 38.6. The molecule has 7 nitrogen and oxygen atoms in total. The van der Waals surface area contributed by atoms with Gasteiger partial charge >= 0.3 is 12.2 Å². The lowest BCUT2D eigenvalue weighted by Crippen LogP contribution is -2.48. The van der Waals surface area contributed by atoms with E-state index in [2.05, 4.69) is 26.1 Å². The molecule has 0 bridgehead atoms. The highest BCUT2D eigenvalue weighted by atomic mass is 32.1. The van der Waals surface area contributed by atoms with Gasteiger partial charge in [-0.3, -0.25) is 10.1 Å². The molecule has 11 heteroatoms. The number of carbonyl (C=O) groups excluding carboxylic acids is 2. The molecular weight excluding hydrogens is 443 g/mol. The second kappa shape index (κ2) is 9.77. The Morgan fingerprint density at radius 1 is 0.969 bits per heavy atom. The molecule has 0 spiro atoms. The molecule has 0 saturated heterocycles. The summed E-state index contributed by atoms with van der Waals surface area (Å²) in [6, 6.07) is 11.8. The maximum Gasteiger partial charge on any atom is 0.416 e. The maximum absolute atomic E-state index is 12.9. The van der Waals surface area contributed by atoms with Gasteiger partial charge in [0.25, 0.3) is 0 Å². The Hall–Kier alpha value is -3.47. The largest absolute Gasteiger partial charge is 0.416 e. The number of hydrogen-bond acceptors (Lipinski definition) is 5. The average molecular weight is 463 g/mol. The number of alkyl halides is 3. The van der Waals surface area contributed by atoms with E-state index in [0.717, 1.165) is 17.7 Å². The summed E-state index contributed by atoms with van der Waals surface area (Å²) in [6.07, 6.45) is -4.53. The van der Waals surface area contributed by atoms with Crippen molar-refractivity contribution in [3.63, 3.8) is 0 Å². The van der Waals surface area contributed by atoms with Crippen LogP contribution in [0.2, 0.25) is 0 Å². The summed E-state index contributed by atoms with van der Waals surface area (Å²) in [5.41, 5.74) is -0.0830. The topological polar surface area (TPSA) is 96.0 Å². The van der Waals surface area contributed by atoms with Gasteiger partial charge in [-0.1, -0.05) is 61.6 Å². The van der Waals surface area contributed by atoms with E-state index < -0.39 is 29.7 Å². The van der Waals surface area contributed by atoms with Crippen LogP contribution in [-0.4, -0.2) is 28.2 Å². The summed E-state index contributed by atoms with van der Waals surface area (Å²) in [4.78, 5) is 25.0. The fourth-order valence-corrected chi connectivity index (χ4v) is 3.52.